The second-order valence-corrected chi connectivity index (χ2v) is 6.75. The van der Waals surface area contributed by atoms with E-state index in [0.717, 1.165) is 24.1 Å². The van der Waals surface area contributed by atoms with Crippen molar-refractivity contribution in [2.75, 3.05) is 0 Å². The van der Waals surface area contributed by atoms with Crippen LogP contribution in [0.3, 0.4) is 0 Å². The molecule has 0 aliphatic heterocycles. The molecule has 9 nitrogen and oxygen atoms in total. The maximum Gasteiger partial charge on any atom is 0.259 e. The fourth-order valence-electron chi connectivity index (χ4n) is 3.08. The van der Waals surface area contributed by atoms with E-state index in [1.54, 1.807) is 31.5 Å². The smallest absolute Gasteiger partial charge is 0.259 e. The van der Waals surface area contributed by atoms with Gasteiger partial charge in [-0.25, -0.2) is 4.98 Å². The highest BCUT2D eigenvalue weighted by atomic mass is 16.5. The van der Waals surface area contributed by atoms with Gasteiger partial charge in [0.25, 0.3) is 11.6 Å². The predicted octanol–water partition coefficient (Wildman–Crippen LogP) is 2.78. The van der Waals surface area contributed by atoms with Crippen molar-refractivity contribution >= 4 is 17.0 Å². The van der Waals surface area contributed by atoms with E-state index in [0.29, 0.717) is 40.0 Å². The number of hydrogen-bond acceptors (Lipinski definition) is 8. The predicted molar refractivity (Wildman–Crippen MR) is 97.2 cm³/mol. The lowest BCUT2D eigenvalue weighted by molar-refractivity contribution is 0.0947. The zero-order valence-electron chi connectivity index (χ0n) is 15.0. The van der Waals surface area contributed by atoms with Gasteiger partial charge >= 0.3 is 0 Å². The molecule has 1 amide bonds. The van der Waals surface area contributed by atoms with Gasteiger partial charge in [0.2, 0.25) is 11.7 Å². The van der Waals surface area contributed by atoms with Crippen molar-refractivity contribution in [3.8, 4) is 11.4 Å². The van der Waals surface area contributed by atoms with Gasteiger partial charge in [-0.15, -0.1) is 0 Å². The molecule has 4 aromatic rings. The lowest BCUT2D eigenvalue weighted by Gasteiger charge is -2.06. The van der Waals surface area contributed by atoms with Crippen molar-refractivity contribution in [2.45, 2.75) is 32.2 Å². The van der Waals surface area contributed by atoms with Gasteiger partial charge in [-0.1, -0.05) is 10.3 Å². The number of fused-ring (bicyclic) bond motifs is 1. The molecule has 0 radical (unpaired) electrons. The van der Waals surface area contributed by atoms with Crippen molar-refractivity contribution in [2.24, 2.45) is 0 Å². The Morgan fingerprint density at radius 3 is 2.79 bits per heavy atom. The summed E-state index contributed by atoms with van der Waals surface area (Å²) in [7, 11) is 0. The molecule has 28 heavy (non-hydrogen) atoms. The summed E-state index contributed by atoms with van der Waals surface area (Å²) in [5, 5.41) is 11.4. The van der Waals surface area contributed by atoms with Gasteiger partial charge in [-0.3, -0.25) is 9.78 Å². The number of carbonyl (C=O) groups is 1. The summed E-state index contributed by atoms with van der Waals surface area (Å²) in [6.45, 7) is 1.91. The average Bonchev–Trinajstić information content (AvgIpc) is 3.36. The van der Waals surface area contributed by atoms with E-state index in [2.05, 4.69) is 30.6 Å². The third-order valence-electron chi connectivity index (χ3n) is 4.68. The molecule has 0 bridgehead atoms. The van der Waals surface area contributed by atoms with Crippen LogP contribution < -0.4 is 5.32 Å². The van der Waals surface area contributed by atoms with Crippen molar-refractivity contribution in [1.29, 1.82) is 0 Å². The Hall–Kier alpha value is -3.62. The Morgan fingerprint density at radius 1 is 1.18 bits per heavy atom. The maximum absolute atomic E-state index is 12.8. The quantitative estimate of drug-likeness (QED) is 0.564. The summed E-state index contributed by atoms with van der Waals surface area (Å²) >= 11 is 0. The Balaban J connectivity index is 1.37. The number of aryl methyl sites for hydroxylation is 1. The maximum atomic E-state index is 12.8. The van der Waals surface area contributed by atoms with Gasteiger partial charge in [0, 0.05) is 29.6 Å². The highest BCUT2D eigenvalue weighted by Gasteiger charge is 2.28. The topological polar surface area (TPSA) is 120 Å². The molecule has 0 aromatic carbocycles. The lowest BCUT2D eigenvalue weighted by atomic mass is 10.1. The minimum atomic E-state index is -0.260. The highest BCUT2D eigenvalue weighted by Crippen LogP contribution is 2.40. The van der Waals surface area contributed by atoms with Crippen LogP contribution >= 0.6 is 0 Å². The monoisotopic (exact) mass is 376 g/mol. The first-order valence-electron chi connectivity index (χ1n) is 8.97. The van der Waals surface area contributed by atoms with Crippen LogP contribution in [0, 0.1) is 6.92 Å². The lowest BCUT2D eigenvalue weighted by Crippen LogP contribution is -2.23. The summed E-state index contributed by atoms with van der Waals surface area (Å²) in [6, 6.07) is 5.40. The zero-order chi connectivity index (χ0) is 19.1. The normalized spacial score (nSPS) is 13.8. The summed E-state index contributed by atoms with van der Waals surface area (Å²) in [5.74, 6) is 0.892. The van der Waals surface area contributed by atoms with Crippen LogP contribution in [0.2, 0.25) is 0 Å². The van der Waals surface area contributed by atoms with Crippen LogP contribution in [-0.2, 0) is 6.54 Å². The molecule has 0 saturated heterocycles. The number of amides is 1. The van der Waals surface area contributed by atoms with Gasteiger partial charge in [-0.05, 0) is 38.0 Å². The molecule has 4 heterocycles. The SMILES string of the molecule is Cc1noc2nc(C3CC3)cc(C(=O)NCc3nc(-c4ccncc4)no3)c12. The molecule has 1 aliphatic rings. The molecule has 1 aliphatic carbocycles. The molecular weight excluding hydrogens is 360 g/mol. The number of rotatable bonds is 5. The Labute approximate surface area is 159 Å². The number of hydrogen-bond donors (Lipinski definition) is 1. The van der Waals surface area contributed by atoms with E-state index < -0.39 is 0 Å². The Morgan fingerprint density at radius 2 is 2.00 bits per heavy atom. The van der Waals surface area contributed by atoms with E-state index in [9.17, 15) is 4.79 Å². The van der Waals surface area contributed by atoms with E-state index >= 15 is 0 Å². The van der Waals surface area contributed by atoms with Gasteiger partial charge in [0.05, 0.1) is 23.2 Å². The molecule has 0 atom stereocenters. The molecule has 4 aromatic heterocycles. The Bertz CT molecular complexity index is 1160. The van der Waals surface area contributed by atoms with E-state index in [-0.39, 0.29) is 12.5 Å². The molecule has 140 valence electrons. The molecule has 1 N–H and O–H groups in total. The van der Waals surface area contributed by atoms with Gasteiger partial charge < -0.3 is 14.4 Å². The first-order valence-corrected chi connectivity index (χ1v) is 8.97. The van der Waals surface area contributed by atoms with Crippen LogP contribution in [0.1, 0.15) is 46.4 Å². The van der Waals surface area contributed by atoms with E-state index in [1.165, 1.54) is 0 Å². The van der Waals surface area contributed by atoms with Crippen LogP contribution in [0.25, 0.3) is 22.5 Å². The molecule has 1 fully saturated rings. The van der Waals surface area contributed by atoms with Crippen LogP contribution in [0.5, 0.6) is 0 Å². The number of aromatic nitrogens is 5. The first kappa shape index (κ1) is 16.5. The second-order valence-electron chi connectivity index (χ2n) is 6.75. The number of nitrogens with zero attached hydrogens (tertiary/aromatic N) is 5. The molecule has 5 rings (SSSR count). The van der Waals surface area contributed by atoms with Crippen molar-refractivity contribution in [3.05, 3.63) is 53.4 Å². The molecule has 1 saturated carbocycles. The molecule has 0 unspecified atom stereocenters. The third kappa shape index (κ3) is 3.00. The average molecular weight is 376 g/mol. The van der Waals surface area contributed by atoms with Crippen molar-refractivity contribution in [1.82, 2.24) is 30.6 Å². The summed E-state index contributed by atoms with van der Waals surface area (Å²) < 4.78 is 10.5. The van der Waals surface area contributed by atoms with Gasteiger partial charge in [0.1, 0.15) is 0 Å². The number of pyridine rings is 2. The number of carbonyl (C=O) groups excluding carboxylic acids is 1. The number of nitrogens with one attached hydrogen (secondary N) is 1. The summed E-state index contributed by atoms with van der Waals surface area (Å²) in [4.78, 5) is 25.6. The largest absolute Gasteiger partial charge is 0.343 e. The molecular formula is C19H16N6O3. The van der Waals surface area contributed by atoms with Crippen molar-refractivity contribution < 1.29 is 13.8 Å². The van der Waals surface area contributed by atoms with Crippen LogP contribution in [0.4, 0.5) is 0 Å². The standard InChI is InChI=1S/C19H16N6O3/c1-10-16-13(8-14(11-2-3-11)22-19(16)28-24-10)18(26)21-9-15-23-17(25-27-15)12-4-6-20-7-5-12/h4-8,11H,2-3,9H2,1H3,(H,21,26). The van der Waals surface area contributed by atoms with Crippen LogP contribution in [0.15, 0.2) is 39.6 Å². The fraction of sp³-hybridized carbons (Fsp3) is 0.263. The van der Waals surface area contributed by atoms with Crippen molar-refractivity contribution in [3.63, 3.8) is 0 Å². The van der Waals surface area contributed by atoms with Gasteiger partial charge in [-0.2, -0.15) is 4.98 Å². The third-order valence-corrected chi connectivity index (χ3v) is 4.68. The molecule has 9 heteroatoms. The summed E-state index contributed by atoms with van der Waals surface area (Å²) in [5.41, 5.74) is 3.19. The molecule has 0 spiro atoms. The van der Waals surface area contributed by atoms with Crippen LogP contribution in [-0.4, -0.2) is 31.2 Å². The zero-order valence-corrected chi connectivity index (χ0v) is 15.0. The van der Waals surface area contributed by atoms with Gasteiger partial charge in [0.15, 0.2) is 0 Å². The minimum absolute atomic E-state index is 0.115. The van der Waals surface area contributed by atoms with E-state index in [4.69, 9.17) is 9.05 Å². The summed E-state index contributed by atoms with van der Waals surface area (Å²) in [6.07, 6.45) is 5.46. The minimum Gasteiger partial charge on any atom is -0.343 e. The highest BCUT2D eigenvalue weighted by molar-refractivity contribution is 6.06. The Kier molecular flexibility index (Phi) is 3.85. The fourth-order valence-corrected chi connectivity index (χ4v) is 3.08. The van der Waals surface area contributed by atoms with E-state index in [1.807, 2.05) is 6.07 Å². The second kappa shape index (κ2) is 6.52. The first-order chi connectivity index (χ1) is 13.7.